The number of nitrogens with one attached hydrogen (secondary N) is 3. The van der Waals surface area contributed by atoms with Crippen LogP contribution < -0.4 is 10.4 Å². The van der Waals surface area contributed by atoms with Crippen molar-refractivity contribution in [1.82, 2.24) is 14.9 Å². The molecule has 1 amide bonds. The molecular weight excluding hydrogens is 452 g/mol. The maximum absolute atomic E-state index is 13.1. The highest BCUT2D eigenvalue weighted by Crippen LogP contribution is 2.25. The molecule has 5 rings (SSSR count). The first-order valence-corrected chi connectivity index (χ1v) is 12.6. The Kier molecular flexibility index (Phi) is 5.70. The fraction of sp³-hybridized carbons (Fsp3) is 0.200. The lowest BCUT2D eigenvalue weighted by molar-refractivity contribution is 0.0736. The van der Waals surface area contributed by atoms with Crippen LogP contribution in [0.25, 0.3) is 11.0 Å². The van der Waals surface area contributed by atoms with Gasteiger partial charge in [-0.15, -0.1) is 0 Å². The number of fused-ring (bicyclic) bond motifs is 1. The Morgan fingerprint density at radius 2 is 1.71 bits per heavy atom. The molecule has 3 aromatic carbocycles. The molecule has 0 bridgehead atoms. The van der Waals surface area contributed by atoms with Crippen molar-refractivity contribution >= 4 is 32.7 Å². The van der Waals surface area contributed by atoms with Crippen molar-refractivity contribution in [2.75, 3.05) is 11.3 Å². The number of anilines is 1. The lowest BCUT2D eigenvalue weighted by atomic mass is 10.0. The molecule has 3 N–H and O–H groups in total. The fourth-order valence-electron chi connectivity index (χ4n) is 4.44. The smallest absolute Gasteiger partial charge is 0.323 e. The number of nitrogens with zero attached hydrogens (tertiary/aromatic N) is 1. The maximum Gasteiger partial charge on any atom is 0.323 e. The standard InChI is InChI=1S/C25H24N4O4S/c30-24(29-14-4-7-20(29)15-17-5-2-1-3-6-17)18-8-10-19(11-9-18)28-34(32,33)21-12-13-22-23(16-21)27-25(31)26-22/h1-3,5-6,8-13,16,20,28H,4,7,14-15H2,(H2,26,27,31). The van der Waals surface area contributed by atoms with E-state index in [2.05, 4.69) is 26.8 Å². The van der Waals surface area contributed by atoms with Crippen molar-refractivity contribution in [2.45, 2.75) is 30.2 Å². The van der Waals surface area contributed by atoms with E-state index < -0.39 is 15.7 Å². The summed E-state index contributed by atoms with van der Waals surface area (Å²) in [6.07, 6.45) is 2.76. The van der Waals surface area contributed by atoms with Gasteiger partial charge >= 0.3 is 5.69 Å². The molecule has 9 heteroatoms. The van der Waals surface area contributed by atoms with Crippen LogP contribution in [0.3, 0.4) is 0 Å². The Labute approximate surface area is 196 Å². The van der Waals surface area contributed by atoms with Gasteiger partial charge in [0.2, 0.25) is 0 Å². The van der Waals surface area contributed by atoms with Gasteiger partial charge < -0.3 is 14.9 Å². The second-order valence-corrected chi connectivity index (χ2v) is 10.1. The summed E-state index contributed by atoms with van der Waals surface area (Å²) in [7, 11) is -3.87. The third kappa shape index (κ3) is 4.47. The minimum Gasteiger partial charge on any atom is -0.335 e. The SMILES string of the molecule is O=C(c1ccc(NS(=O)(=O)c2ccc3[nH]c(=O)[nH]c3c2)cc1)N1CCCC1Cc1ccccc1. The second-order valence-electron chi connectivity index (χ2n) is 8.45. The number of H-pyrrole nitrogens is 2. The van der Waals surface area contributed by atoms with Crippen molar-refractivity contribution in [3.05, 3.63) is 94.4 Å². The lowest BCUT2D eigenvalue weighted by Crippen LogP contribution is -2.36. The number of likely N-dealkylation sites (tertiary alicyclic amines) is 1. The highest BCUT2D eigenvalue weighted by atomic mass is 32.2. The number of rotatable bonds is 6. The van der Waals surface area contributed by atoms with E-state index in [1.54, 1.807) is 24.3 Å². The Balaban J connectivity index is 1.29. The Morgan fingerprint density at radius 1 is 0.971 bits per heavy atom. The molecule has 1 aliphatic rings. The number of imidazole rings is 1. The number of benzene rings is 3. The van der Waals surface area contributed by atoms with Gasteiger partial charge in [0, 0.05) is 23.8 Å². The zero-order chi connectivity index (χ0) is 23.7. The number of aromatic amines is 2. The van der Waals surface area contributed by atoms with Gasteiger partial charge in [-0.05, 0) is 67.3 Å². The first kappa shape index (κ1) is 22.0. The van der Waals surface area contributed by atoms with Crippen molar-refractivity contribution in [3.8, 4) is 0 Å². The topological polar surface area (TPSA) is 115 Å². The summed E-state index contributed by atoms with van der Waals surface area (Å²) in [6.45, 7) is 0.717. The summed E-state index contributed by atoms with van der Waals surface area (Å²) in [5, 5.41) is 0. The van der Waals surface area contributed by atoms with E-state index in [-0.39, 0.29) is 16.8 Å². The zero-order valence-electron chi connectivity index (χ0n) is 18.3. The average Bonchev–Trinajstić information content (AvgIpc) is 3.44. The van der Waals surface area contributed by atoms with Crippen LogP contribution in [0.4, 0.5) is 5.69 Å². The lowest BCUT2D eigenvalue weighted by Gasteiger charge is -2.25. The van der Waals surface area contributed by atoms with Crippen molar-refractivity contribution in [3.63, 3.8) is 0 Å². The van der Waals surface area contributed by atoms with E-state index in [0.717, 1.165) is 19.3 Å². The molecule has 0 spiro atoms. The minimum atomic E-state index is -3.87. The van der Waals surface area contributed by atoms with Crippen LogP contribution in [0, 0.1) is 0 Å². The molecule has 0 saturated carbocycles. The molecule has 1 aliphatic heterocycles. The van der Waals surface area contributed by atoms with E-state index in [1.165, 1.54) is 23.8 Å². The quantitative estimate of drug-likeness (QED) is 0.395. The van der Waals surface area contributed by atoms with E-state index >= 15 is 0 Å². The number of hydrogen-bond acceptors (Lipinski definition) is 4. The molecule has 1 saturated heterocycles. The van der Waals surface area contributed by atoms with Gasteiger partial charge in [-0.2, -0.15) is 0 Å². The maximum atomic E-state index is 13.1. The van der Waals surface area contributed by atoms with Gasteiger partial charge in [-0.25, -0.2) is 13.2 Å². The first-order chi connectivity index (χ1) is 16.4. The fourth-order valence-corrected chi connectivity index (χ4v) is 5.53. The normalized spacial score (nSPS) is 16.1. The number of aromatic nitrogens is 2. The van der Waals surface area contributed by atoms with Crippen LogP contribution >= 0.6 is 0 Å². The van der Waals surface area contributed by atoms with Crippen molar-refractivity contribution < 1.29 is 13.2 Å². The minimum absolute atomic E-state index is 0.0243. The highest BCUT2D eigenvalue weighted by Gasteiger charge is 2.29. The summed E-state index contributed by atoms with van der Waals surface area (Å²) in [5.74, 6) is -0.0466. The molecular formula is C25H24N4O4S. The number of carbonyl (C=O) groups excluding carboxylic acids is 1. The molecule has 0 radical (unpaired) electrons. The van der Waals surface area contributed by atoms with E-state index in [0.29, 0.717) is 28.8 Å². The third-order valence-corrected chi connectivity index (χ3v) is 7.51. The summed E-state index contributed by atoms with van der Waals surface area (Å²) in [6, 6.07) is 21.1. The molecule has 2 heterocycles. The van der Waals surface area contributed by atoms with Gasteiger partial charge in [0.1, 0.15) is 0 Å². The molecule has 174 valence electrons. The number of amides is 1. The molecule has 0 aliphatic carbocycles. The van der Waals surface area contributed by atoms with Crippen LogP contribution in [0.2, 0.25) is 0 Å². The van der Waals surface area contributed by atoms with Crippen LogP contribution in [0.1, 0.15) is 28.8 Å². The molecule has 34 heavy (non-hydrogen) atoms. The molecule has 1 aromatic heterocycles. The average molecular weight is 477 g/mol. The number of carbonyl (C=O) groups is 1. The van der Waals surface area contributed by atoms with Crippen molar-refractivity contribution in [2.24, 2.45) is 0 Å². The summed E-state index contributed by atoms with van der Waals surface area (Å²) >= 11 is 0. The number of sulfonamides is 1. The molecule has 8 nitrogen and oxygen atoms in total. The van der Waals surface area contributed by atoms with Crippen molar-refractivity contribution in [1.29, 1.82) is 0 Å². The molecule has 1 fully saturated rings. The van der Waals surface area contributed by atoms with E-state index in [4.69, 9.17) is 0 Å². The monoisotopic (exact) mass is 476 g/mol. The van der Waals surface area contributed by atoms with Gasteiger partial charge in [-0.1, -0.05) is 30.3 Å². The molecule has 1 unspecified atom stereocenters. The van der Waals surface area contributed by atoms with Crippen LogP contribution in [0.5, 0.6) is 0 Å². The zero-order valence-corrected chi connectivity index (χ0v) is 19.1. The summed E-state index contributed by atoms with van der Waals surface area (Å²) in [5.41, 5.74) is 2.61. The van der Waals surface area contributed by atoms with Crippen LogP contribution in [0.15, 0.2) is 82.5 Å². The second kappa shape index (κ2) is 8.83. The summed E-state index contributed by atoms with van der Waals surface area (Å²) in [4.78, 5) is 31.7. The summed E-state index contributed by atoms with van der Waals surface area (Å²) < 4.78 is 28.1. The largest absolute Gasteiger partial charge is 0.335 e. The van der Waals surface area contributed by atoms with Gasteiger partial charge in [0.25, 0.3) is 15.9 Å². The van der Waals surface area contributed by atoms with E-state index in [9.17, 15) is 18.0 Å². The van der Waals surface area contributed by atoms with Gasteiger partial charge in [0.05, 0.1) is 15.9 Å². The predicted octanol–water partition coefficient (Wildman–Crippen LogP) is 3.50. The van der Waals surface area contributed by atoms with Gasteiger partial charge in [0.15, 0.2) is 0 Å². The molecule has 4 aromatic rings. The molecule has 1 atom stereocenters. The number of hydrogen-bond donors (Lipinski definition) is 3. The first-order valence-electron chi connectivity index (χ1n) is 11.1. The Morgan fingerprint density at radius 3 is 2.47 bits per heavy atom. The Bertz CT molecular complexity index is 1490. The van der Waals surface area contributed by atoms with E-state index in [1.807, 2.05) is 23.1 Å². The predicted molar refractivity (Wildman–Crippen MR) is 130 cm³/mol. The highest BCUT2D eigenvalue weighted by molar-refractivity contribution is 7.92. The van der Waals surface area contributed by atoms with Crippen LogP contribution in [-0.4, -0.2) is 41.8 Å². The third-order valence-electron chi connectivity index (χ3n) is 6.13. The Hall–Kier alpha value is -3.85. The van der Waals surface area contributed by atoms with Gasteiger partial charge in [-0.3, -0.25) is 9.52 Å². The van der Waals surface area contributed by atoms with Crippen LogP contribution in [-0.2, 0) is 16.4 Å².